The highest BCUT2D eigenvalue weighted by Gasteiger charge is 2.83. The fraction of sp³-hybridized carbons (Fsp3) is 0.970. The van der Waals surface area contributed by atoms with Gasteiger partial charge in [-0.3, -0.25) is 4.79 Å². The SMILES string of the molecule is CO[C@H]1CC[C@@]2(C)[C@@H](CC[C@@]3(C)C[C@]45CC[C@H]6C(C)(C)[C@H](OC(C)=O)CC[C@]6(C)[C@@]4(CC[C@@H]32)O5)C1(C)C. The van der Waals surface area contributed by atoms with Crippen LogP contribution < -0.4 is 0 Å². The van der Waals surface area contributed by atoms with Crippen molar-refractivity contribution < 1.29 is 19.0 Å². The summed E-state index contributed by atoms with van der Waals surface area (Å²) in [5.74, 6) is 1.88. The van der Waals surface area contributed by atoms with Crippen LogP contribution in [0.25, 0.3) is 0 Å². The minimum absolute atomic E-state index is 0.00678. The van der Waals surface area contributed by atoms with Gasteiger partial charge in [0.2, 0.25) is 0 Å². The predicted octanol–water partition coefficient (Wildman–Crippen LogP) is 7.72. The van der Waals surface area contributed by atoms with Gasteiger partial charge in [0.15, 0.2) is 0 Å². The van der Waals surface area contributed by atoms with E-state index >= 15 is 0 Å². The third kappa shape index (κ3) is 3.18. The topological polar surface area (TPSA) is 48.1 Å². The molecule has 0 radical (unpaired) electrons. The molecule has 0 spiro atoms. The number of carbonyl (C=O) groups is 1. The third-order valence-electron chi connectivity index (χ3n) is 14.4. The summed E-state index contributed by atoms with van der Waals surface area (Å²) in [6.07, 6.45) is 13.8. The van der Waals surface area contributed by atoms with E-state index in [1.165, 1.54) is 57.8 Å². The lowest BCUT2D eigenvalue weighted by Crippen LogP contribution is -2.60. The zero-order valence-electron chi connectivity index (χ0n) is 25.3. The molecule has 37 heavy (non-hydrogen) atoms. The number of epoxide rings is 1. The third-order valence-corrected chi connectivity index (χ3v) is 14.4. The Bertz CT molecular complexity index is 971. The van der Waals surface area contributed by atoms with Crippen LogP contribution in [0.2, 0.25) is 0 Å². The number of ether oxygens (including phenoxy) is 3. The average molecular weight is 515 g/mol. The van der Waals surface area contributed by atoms with E-state index in [0.29, 0.717) is 22.9 Å². The van der Waals surface area contributed by atoms with Gasteiger partial charge >= 0.3 is 5.97 Å². The van der Waals surface area contributed by atoms with Gasteiger partial charge in [0.25, 0.3) is 0 Å². The molecule has 0 bridgehead atoms. The van der Waals surface area contributed by atoms with Crippen LogP contribution >= 0.6 is 0 Å². The first-order chi connectivity index (χ1) is 17.1. The Balaban J connectivity index is 1.34. The highest BCUT2D eigenvalue weighted by atomic mass is 16.6. The van der Waals surface area contributed by atoms with Crippen molar-refractivity contribution in [2.45, 2.75) is 149 Å². The molecule has 1 heterocycles. The van der Waals surface area contributed by atoms with Gasteiger partial charge < -0.3 is 14.2 Å². The molecule has 5 saturated carbocycles. The van der Waals surface area contributed by atoms with E-state index < -0.39 is 0 Å². The van der Waals surface area contributed by atoms with Crippen molar-refractivity contribution in [1.29, 1.82) is 0 Å². The largest absolute Gasteiger partial charge is 0.462 e. The molecule has 6 aliphatic rings. The highest BCUT2D eigenvalue weighted by Crippen LogP contribution is 2.80. The van der Waals surface area contributed by atoms with E-state index in [1.54, 1.807) is 6.92 Å². The molecule has 4 nitrogen and oxygen atoms in total. The Hall–Kier alpha value is -0.610. The summed E-state index contributed by atoms with van der Waals surface area (Å²) in [5, 5.41) is 0. The number of methoxy groups -OCH3 is 1. The van der Waals surface area contributed by atoms with Crippen molar-refractivity contribution in [2.24, 2.45) is 44.8 Å². The minimum atomic E-state index is -0.131. The van der Waals surface area contributed by atoms with Crippen LogP contribution in [-0.2, 0) is 19.0 Å². The number of rotatable bonds is 2. The summed E-state index contributed by atoms with van der Waals surface area (Å²) in [7, 11) is 1.93. The standard InChI is InChI=1S/C33H54O4/c1-21(34)36-26-14-17-31(8)23(28(26,4)5)11-18-32-20-29(6)15-10-22-27(2,3)25(35-9)13-16-30(22,7)24(29)12-19-33(31,32)37-32/h22-26H,10-20H2,1-9H3/t22-,23-,24-,25-,26+,29-,30-,31-,32+,33+/m0/s1. The summed E-state index contributed by atoms with van der Waals surface area (Å²) < 4.78 is 19.2. The molecular formula is C33H54O4. The van der Waals surface area contributed by atoms with Gasteiger partial charge in [-0.25, -0.2) is 0 Å². The van der Waals surface area contributed by atoms with E-state index in [0.717, 1.165) is 24.7 Å². The van der Waals surface area contributed by atoms with E-state index in [1.807, 2.05) is 7.11 Å². The van der Waals surface area contributed by atoms with Gasteiger partial charge in [-0.15, -0.1) is 0 Å². The Morgan fingerprint density at radius 3 is 2.03 bits per heavy atom. The Labute approximate surface area is 226 Å². The van der Waals surface area contributed by atoms with E-state index in [-0.39, 0.29) is 39.5 Å². The molecule has 1 saturated heterocycles. The quantitative estimate of drug-likeness (QED) is 0.279. The lowest BCUT2D eigenvalue weighted by Gasteiger charge is -2.64. The average Bonchev–Trinajstić information content (AvgIpc) is 3.45. The maximum atomic E-state index is 11.9. The number of hydrogen-bond acceptors (Lipinski definition) is 4. The van der Waals surface area contributed by atoms with Gasteiger partial charge in [0.1, 0.15) is 11.7 Å². The van der Waals surface area contributed by atoms with Crippen LogP contribution in [0.1, 0.15) is 126 Å². The van der Waals surface area contributed by atoms with Crippen molar-refractivity contribution in [2.75, 3.05) is 7.11 Å². The van der Waals surface area contributed by atoms with Crippen LogP contribution in [0.15, 0.2) is 0 Å². The molecule has 1 aliphatic heterocycles. The second kappa shape index (κ2) is 7.77. The van der Waals surface area contributed by atoms with Crippen molar-refractivity contribution >= 4 is 5.97 Å². The molecule has 6 rings (SSSR count). The first-order valence-corrected chi connectivity index (χ1v) is 15.5. The Kier molecular flexibility index (Phi) is 5.59. The number of esters is 1. The van der Waals surface area contributed by atoms with Crippen LogP contribution in [-0.4, -0.2) is 36.5 Å². The fourth-order valence-corrected chi connectivity index (χ4v) is 13.0. The lowest BCUT2D eigenvalue weighted by molar-refractivity contribution is -0.183. The summed E-state index contributed by atoms with van der Waals surface area (Å²) in [5.41, 5.74) is 1.17. The molecular weight excluding hydrogens is 460 g/mol. The highest BCUT2D eigenvalue weighted by molar-refractivity contribution is 5.66. The first kappa shape index (κ1) is 26.6. The first-order valence-electron chi connectivity index (χ1n) is 15.5. The predicted molar refractivity (Wildman–Crippen MR) is 146 cm³/mol. The molecule has 210 valence electrons. The van der Waals surface area contributed by atoms with Gasteiger partial charge in [0.05, 0.1) is 11.7 Å². The number of hydrogen-bond donors (Lipinski definition) is 0. The molecule has 0 amide bonds. The summed E-state index contributed by atoms with van der Waals surface area (Å²) >= 11 is 0. The summed E-state index contributed by atoms with van der Waals surface area (Å²) in [6.45, 7) is 19.2. The molecule has 0 aromatic carbocycles. The number of fused-ring (bicyclic) bond motifs is 4. The maximum Gasteiger partial charge on any atom is 0.302 e. The lowest BCUT2D eigenvalue weighted by atomic mass is 9.41. The van der Waals surface area contributed by atoms with Crippen LogP contribution in [0, 0.1) is 44.8 Å². The van der Waals surface area contributed by atoms with Gasteiger partial charge in [0, 0.05) is 24.9 Å². The molecule has 6 fully saturated rings. The second-order valence-electron chi connectivity index (χ2n) is 16.5. The fourth-order valence-electron chi connectivity index (χ4n) is 13.0. The van der Waals surface area contributed by atoms with E-state index in [9.17, 15) is 4.79 Å². The van der Waals surface area contributed by atoms with Crippen molar-refractivity contribution in [1.82, 2.24) is 0 Å². The smallest absolute Gasteiger partial charge is 0.302 e. The van der Waals surface area contributed by atoms with Crippen LogP contribution in [0.4, 0.5) is 0 Å². The van der Waals surface area contributed by atoms with Crippen molar-refractivity contribution in [3.8, 4) is 0 Å². The Morgan fingerprint density at radius 1 is 0.730 bits per heavy atom. The molecule has 10 atom stereocenters. The summed E-state index contributed by atoms with van der Waals surface area (Å²) in [4.78, 5) is 11.9. The minimum Gasteiger partial charge on any atom is -0.462 e. The zero-order valence-corrected chi connectivity index (χ0v) is 25.3. The Morgan fingerprint density at radius 2 is 1.35 bits per heavy atom. The van der Waals surface area contributed by atoms with Crippen LogP contribution in [0.5, 0.6) is 0 Å². The molecule has 5 aliphatic carbocycles. The maximum absolute atomic E-state index is 11.9. The number of carbonyl (C=O) groups excluding carboxylic acids is 1. The van der Waals surface area contributed by atoms with Crippen molar-refractivity contribution in [3.05, 3.63) is 0 Å². The molecule has 0 unspecified atom stereocenters. The van der Waals surface area contributed by atoms with Crippen LogP contribution in [0.3, 0.4) is 0 Å². The zero-order chi connectivity index (χ0) is 26.9. The molecule has 0 aromatic rings. The van der Waals surface area contributed by atoms with Gasteiger partial charge in [-0.05, 0) is 105 Å². The monoisotopic (exact) mass is 514 g/mol. The second-order valence-corrected chi connectivity index (χ2v) is 16.5. The van der Waals surface area contributed by atoms with Gasteiger partial charge in [-0.1, -0.05) is 48.5 Å². The molecule has 4 heteroatoms. The molecule has 0 aromatic heterocycles. The summed E-state index contributed by atoms with van der Waals surface area (Å²) in [6, 6.07) is 0. The van der Waals surface area contributed by atoms with Gasteiger partial charge in [-0.2, -0.15) is 0 Å². The van der Waals surface area contributed by atoms with Crippen molar-refractivity contribution in [3.63, 3.8) is 0 Å². The normalized spacial score (nSPS) is 55.3. The van der Waals surface area contributed by atoms with E-state index in [2.05, 4.69) is 48.5 Å². The van der Waals surface area contributed by atoms with E-state index in [4.69, 9.17) is 14.2 Å². The molecule has 0 N–H and O–H groups in total.